The van der Waals surface area contributed by atoms with Crippen molar-refractivity contribution in [2.45, 2.75) is 26.7 Å². The summed E-state index contributed by atoms with van der Waals surface area (Å²) in [6.45, 7) is 4.58. The van der Waals surface area contributed by atoms with Gasteiger partial charge in [-0.3, -0.25) is 0 Å². The van der Waals surface area contributed by atoms with Crippen LogP contribution in [-0.2, 0) is 0 Å². The highest BCUT2D eigenvalue weighted by Crippen LogP contribution is 2.58. The minimum Gasteiger partial charge on any atom is -0.193 e. The van der Waals surface area contributed by atoms with Crippen molar-refractivity contribution < 1.29 is 0 Å². The molecule has 3 rings (SSSR count). The highest BCUT2D eigenvalue weighted by molar-refractivity contribution is 5.33. The van der Waals surface area contributed by atoms with Gasteiger partial charge in [-0.2, -0.15) is 5.26 Å². The van der Waals surface area contributed by atoms with E-state index in [9.17, 15) is 0 Å². The molecular weight excluding hydrogens is 134 g/mol. The topological polar surface area (TPSA) is 23.8 Å². The standard InChI is InChI=1S/C10H13N/c1-10(2)8-4-3-7(6-11)9(10)5-8/h3,8-9H,4-5H2,1-2H3/t8-,9-/m1/s1. The van der Waals surface area contributed by atoms with Gasteiger partial charge < -0.3 is 0 Å². The molecule has 0 unspecified atom stereocenters. The molecule has 11 heavy (non-hydrogen) atoms. The molecule has 0 radical (unpaired) electrons. The summed E-state index contributed by atoms with van der Waals surface area (Å²) in [4.78, 5) is 0. The Morgan fingerprint density at radius 1 is 1.64 bits per heavy atom. The predicted molar refractivity (Wildman–Crippen MR) is 43.7 cm³/mol. The van der Waals surface area contributed by atoms with Crippen LogP contribution in [0.15, 0.2) is 11.6 Å². The van der Waals surface area contributed by atoms with Crippen LogP contribution in [0, 0.1) is 28.6 Å². The molecule has 0 aromatic rings. The largest absolute Gasteiger partial charge is 0.193 e. The smallest absolute Gasteiger partial charge is 0.0946 e. The van der Waals surface area contributed by atoms with E-state index in [1.807, 2.05) is 0 Å². The highest BCUT2D eigenvalue weighted by Gasteiger charge is 2.51. The van der Waals surface area contributed by atoms with E-state index in [1.54, 1.807) is 0 Å². The molecule has 0 saturated heterocycles. The van der Waals surface area contributed by atoms with Crippen molar-refractivity contribution in [2.75, 3.05) is 0 Å². The molecule has 1 nitrogen and oxygen atoms in total. The monoisotopic (exact) mass is 147 g/mol. The summed E-state index contributed by atoms with van der Waals surface area (Å²) in [6, 6.07) is 2.31. The lowest BCUT2D eigenvalue weighted by Crippen LogP contribution is -2.47. The zero-order valence-electron chi connectivity index (χ0n) is 7.09. The Morgan fingerprint density at radius 3 is 2.73 bits per heavy atom. The van der Waals surface area contributed by atoms with Gasteiger partial charge in [-0.05, 0) is 30.1 Å². The van der Waals surface area contributed by atoms with Gasteiger partial charge in [0.2, 0.25) is 0 Å². The average Bonchev–Trinajstić information content (AvgIpc) is 2.04. The van der Waals surface area contributed by atoms with E-state index < -0.39 is 0 Å². The summed E-state index contributed by atoms with van der Waals surface area (Å²) in [5.41, 5.74) is 1.46. The van der Waals surface area contributed by atoms with Crippen LogP contribution >= 0.6 is 0 Å². The fourth-order valence-electron chi connectivity index (χ4n) is 2.48. The van der Waals surface area contributed by atoms with E-state index in [0.29, 0.717) is 11.3 Å². The van der Waals surface area contributed by atoms with Gasteiger partial charge in [-0.25, -0.2) is 0 Å². The maximum absolute atomic E-state index is 8.80. The second kappa shape index (κ2) is 1.88. The first-order valence-corrected chi connectivity index (χ1v) is 4.26. The third kappa shape index (κ3) is 0.701. The van der Waals surface area contributed by atoms with Gasteiger partial charge in [-0.1, -0.05) is 19.9 Å². The van der Waals surface area contributed by atoms with Gasteiger partial charge in [-0.15, -0.1) is 0 Å². The number of fused-ring (bicyclic) bond motifs is 1. The predicted octanol–water partition coefficient (Wildman–Crippen LogP) is 2.50. The van der Waals surface area contributed by atoms with Crippen molar-refractivity contribution in [1.29, 1.82) is 5.26 Å². The van der Waals surface area contributed by atoms with Crippen molar-refractivity contribution in [3.05, 3.63) is 11.6 Å². The zero-order valence-corrected chi connectivity index (χ0v) is 7.09. The first-order valence-electron chi connectivity index (χ1n) is 4.26. The third-order valence-corrected chi connectivity index (χ3v) is 3.60. The minimum atomic E-state index is 0.416. The van der Waals surface area contributed by atoms with Crippen LogP contribution in [0.2, 0.25) is 0 Å². The number of rotatable bonds is 0. The van der Waals surface area contributed by atoms with Crippen LogP contribution in [0.3, 0.4) is 0 Å². The van der Waals surface area contributed by atoms with Crippen LogP contribution in [0.1, 0.15) is 26.7 Å². The first kappa shape index (κ1) is 6.91. The van der Waals surface area contributed by atoms with E-state index in [2.05, 4.69) is 26.0 Å². The molecular formula is C10H13N. The van der Waals surface area contributed by atoms with E-state index in [-0.39, 0.29) is 0 Å². The van der Waals surface area contributed by atoms with Crippen molar-refractivity contribution >= 4 is 0 Å². The quantitative estimate of drug-likeness (QED) is 0.516. The van der Waals surface area contributed by atoms with Crippen LogP contribution in [0.25, 0.3) is 0 Å². The van der Waals surface area contributed by atoms with Crippen LogP contribution < -0.4 is 0 Å². The lowest BCUT2D eigenvalue weighted by Gasteiger charge is -2.55. The van der Waals surface area contributed by atoms with Crippen LogP contribution in [0.5, 0.6) is 0 Å². The molecule has 0 aromatic carbocycles. The van der Waals surface area contributed by atoms with Crippen molar-refractivity contribution in [2.24, 2.45) is 17.3 Å². The molecule has 0 heterocycles. The van der Waals surface area contributed by atoms with E-state index in [4.69, 9.17) is 5.26 Å². The van der Waals surface area contributed by atoms with Gasteiger partial charge in [0.15, 0.2) is 0 Å². The summed E-state index contributed by atoms with van der Waals surface area (Å²) in [5.74, 6) is 1.43. The second-order valence-corrected chi connectivity index (χ2v) is 4.31. The summed E-state index contributed by atoms with van der Waals surface area (Å²) in [5, 5.41) is 8.80. The van der Waals surface area contributed by atoms with E-state index in [1.165, 1.54) is 6.42 Å². The average molecular weight is 147 g/mol. The second-order valence-electron chi connectivity index (χ2n) is 4.31. The summed E-state index contributed by atoms with van der Waals surface area (Å²) in [7, 11) is 0. The van der Waals surface area contributed by atoms with Crippen molar-refractivity contribution in [3.63, 3.8) is 0 Å². The van der Waals surface area contributed by atoms with E-state index in [0.717, 1.165) is 17.9 Å². The Hall–Kier alpha value is -0.770. The lowest BCUT2D eigenvalue weighted by atomic mass is 9.49. The molecule has 2 bridgehead atoms. The molecule has 0 spiro atoms. The molecule has 0 N–H and O–H groups in total. The maximum atomic E-state index is 8.80. The molecule has 1 saturated carbocycles. The molecule has 0 aliphatic heterocycles. The first-order chi connectivity index (χ1) is 5.16. The molecule has 0 aromatic heterocycles. The Bertz CT molecular complexity index is 255. The van der Waals surface area contributed by atoms with Gasteiger partial charge in [0.05, 0.1) is 6.07 Å². The molecule has 1 fully saturated rings. The SMILES string of the molecule is CC1(C)[C@@H]2CC=C(C#N)[C@H]1C2. The Morgan fingerprint density at radius 2 is 2.36 bits per heavy atom. The fraction of sp³-hybridized carbons (Fsp3) is 0.700. The van der Waals surface area contributed by atoms with Gasteiger partial charge >= 0.3 is 0 Å². The molecule has 2 atom stereocenters. The van der Waals surface area contributed by atoms with Gasteiger partial charge in [0.1, 0.15) is 0 Å². The Labute approximate surface area is 67.7 Å². The summed E-state index contributed by atoms with van der Waals surface area (Å²) in [6.07, 6.45) is 4.52. The van der Waals surface area contributed by atoms with Gasteiger partial charge in [0.25, 0.3) is 0 Å². The molecule has 1 heteroatoms. The lowest BCUT2D eigenvalue weighted by molar-refractivity contribution is -0.00264. The number of nitriles is 1. The van der Waals surface area contributed by atoms with Gasteiger partial charge in [0, 0.05) is 5.57 Å². The van der Waals surface area contributed by atoms with Crippen molar-refractivity contribution in [3.8, 4) is 6.07 Å². The number of hydrogen-bond donors (Lipinski definition) is 0. The minimum absolute atomic E-state index is 0.416. The fourth-order valence-corrected chi connectivity index (χ4v) is 2.48. The number of nitrogens with zero attached hydrogens (tertiary/aromatic N) is 1. The normalized spacial score (nSPS) is 38.5. The van der Waals surface area contributed by atoms with Crippen LogP contribution in [0.4, 0.5) is 0 Å². The summed E-state index contributed by atoms with van der Waals surface area (Å²) >= 11 is 0. The molecule has 3 aliphatic rings. The summed E-state index contributed by atoms with van der Waals surface area (Å²) < 4.78 is 0. The highest BCUT2D eigenvalue weighted by atomic mass is 14.5. The zero-order chi connectivity index (χ0) is 8.06. The van der Waals surface area contributed by atoms with Crippen molar-refractivity contribution in [1.82, 2.24) is 0 Å². The maximum Gasteiger partial charge on any atom is 0.0946 e. The Balaban J connectivity index is 2.32. The molecule has 0 amide bonds. The molecule has 3 aliphatic carbocycles. The number of allylic oxidation sites excluding steroid dienone is 2. The van der Waals surface area contributed by atoms with E-state index >= 15 is 0 Å². The Kier molecular flexibility index (Phi) is 1.18. The molecule has 58 valence electrons. The third-order valence-electron chi connectivity index (χ3n) is 3.60. The van der Waals surface area contributed by atoms with Crippen LogP contribution in [-0.4, -0.2) is 0 Å². The number of hydrogen-bond acceptors (Lipinski definition) is 1.